The summed E-state index contributed by atoms with van der Waals surface area (Å²) in [5.74, 6) is -1.29. The van der Waals surface area contributed by atoms with Crippen LogP contribution in [0.15, 0.2) is 10.4 Å². The average molecular weight is 541 g/mol. The lowest BCUT2D eigenvalue weighted by molar-refractivity contribution is -0.144. The molecule has 7 atom stereocenters. The van der Waals surface area contributed by atoms with Crippen LogP contribution in [0.4, 0.5) is 0 Å². The van der Waals surface area contributed by atoms with Gasteiger partial charge in [-0.25, -0.2) is 4.98 Å². The Bertz CT molecular complexity index is 979. The highest BCUT2D eigenvalue weighted by atomic mass is 35.5. The van der Waals surface area contributed by atoms with Gasteiger partial charge in [0.2, 0.25) is 5.91 Å². The van der Waals surface area contributed by atoms with E-state index in [0.717, 1.165) is 30.0 Å². The Hall–Kier alpha value is -1.32. The summed E-state index contributed by atoms with van der Waals surface area (Å²) >= 11 is 8.22. The number of carbonyl (C=O) groups excluding carboxylic acids is 2. The molecule has 202 valence electrons. The van der Waals surface area contributed by atoms with Crippen molar-refractivity contribution in [2.24, 2.45) is 17.3 Å². The fourth-order valence-electron chi connectivity index (χ4n) is 5.20. The van der Waals surface area contributed by atoms with E-state index in [0.29, 0.717) is 17.9 Å². The number of aliphatic hydroxyl groups excluding tert-OH is 2. The Morgan fingerprint density at radius 1 is 1.33 bits per heavy atom. The van der Waals surface area contributed by atoms with E-state index in [4.69, 9.17) is 16.3 Å². The smallest absolute Gasteiger partial charge is 0.223 e. The molecule has 2 aliphatic heterocycles. The number of nitrogens with one attached hydrogen (secondary N) is 1. The van der Waals surface area contributed by atoms with Gasteiger partial charge in [0.15, 0.2) is 0 Å². The topological polar surface area (TPSA) is 112 Å². The van der Waals surface area contributed by atoms with Crippen LogP contribution >= 0.6 is 22.9 Å². The summed E-state index contributed by atoms with van der Waals surface area (Å²) in [4.78, 5) is 30.9. The molecule has 2 unspecified atom stereocenters. The quantitative estimate of drug-likeness (QED) is 0.482. The largest absolute Gasteiger partial charge is 0.392 e. The van der Waals surface area contributed by atoms with E-state index in [-0.39, 0.29) is 29.8 Å². The van der Waals surface area contributed by atoms with Gasteiger partial charge in [-0.15, -0.1) is 11.3 Å². The molecule has 7 nitrogen and oxygen atoms in total. The minimum absolute atomic E-state index is 0.0680. The van der Waals surface area contributed by atoms with Crippen molar-refractivity contribution in [3.8, 4) is 0 Å². The fraction of sp³-hybridized carbons (Fsp3) is 0.741. The molecule has 3 heterocycles. The minimum atomic E-state index is -1.21. The zero-order chi connectivity index (χ0) is 26.8. The van der Waals surface area contributed by atoms with E-state index in [9.17, 15) is 19.8 Å². The van der Waals surface area contributed by atoms with Crippen molar-refractivity contribution in [3.63, 3.8) is 0 Å². The van der Waals surface area contributed by atoms with E-state index in [1.165, 1.54) is 11.3 Å². The summed E-state index contributed by atoms with van der Waals surface area (Å²) in [5, 5.41) is 28.2. The van der Waals surface area contributed by atoms with E-state index < -0.39 is 35.5 Å². The number of hydrogen-bond donors (Lipinski definition) is 3. The van der Waals surface area contributed by atoms with Crippen molar-refractivity contribution in [2.45, 2.75) is 110 Å². The summed E-state index contributed by atoms with van der Waals surface area (Å²) in [6.07, 6.45) is 2.82. The van der Waals surface area contributed by atoms with Crippen molar-refractivity contribution in [1.29, 1.82) is 0 Å². The molecule has 0 spiro atoms. The number of carbonyl (C=O) groups is 2. The number of nitrogens with zero attached hydrogens (tertiary/aromatic N) is 1. The molecule has 0 aliphatic carbocycles. The first kappa shape index (κ1) is 29.2. The summed E-state index contributed by atoms with van der Waals surface area (Å²) in [7, 11) is 0. The average Bonchev–Trinajstić information content (AvgIpc) is 3.24. The lowest BCUT2D eigenvalue weighted by Gasteiger charge is -2.35. The van der Waals surface area contributed by atoms with Gasteiger partial charge < -0.3 is 20.3 Å². The first-order valence-corrected chi connectivity index (χ1v) is 14.2. The van der Waals surface area contributed by atoms with E-state index >= 15 is 0 Å². The van der Waals surface area contributed by atoms with Crippen LogP contribution in [0, 0.1) is 24.2 Å². The number of Topliss-reactive ketones (excluding diaryl/α,β-unsaturated/α-hetero) is 1. The first-order valence-electron chi connectivity index (χ1n) is 12.9. The van der Waals surface area contributed by atoms with Crippen LogP contribution < -0.4 is 5.32 Å². The third-order valence-corrected chi connectivity index (χ3v) is 9.19. The molecule has 1 aromatic rings. The number of epoxide rings is 1. The molecule has 3 rings (SSSR count). The number of amides is 1. The molecule has 0 saturated carbocycles. The summed E-state index contributed by atoms with van der Waals surface area (Å²) in [6.45, 7) is 11.1. The van der Waals surface area contributed by atoms with Crippen molar-refractivity contribution in [2.75, 3.05) is 0 Å². The van der Waals surface area contributed by atoms with Gasteiger partial charge in [-0.05, 0) is 45.1 Å². The minimum Gasteiger partial charge on any atom is -0.392 e. The molecular weight excluding hydrogens is 500 g/mol. The zero-order valence-electron chi connectivity index (χ0n) is 22.2. The first-order chi connectivity index (χ1) is 16.8. The second-order valence-electron chi connectivity index (χ2n) is 11.3. The number of thiazole rings is 1. The molecule has 2 aliphatic rings. The maximum atomic E-state index is 13.4. The predicted molar refractivity (Wildman–Crippen MR) is 143 cm³/mol. The lowest BCUT2D eigenvalue weighted by Crippen LogP contribution is -2.48. The van der Waals surface area contributed by atoms with Gasteiger partial charge in [0.1, 0.15) is 5.78 Å². The molecule has 3 N–H and O–H groups in total. The van der Waals surface area contributed by atoms with Gasteiger partial charge in [-0.3, -0.25) is 9.59 Å². The molecule has 0 radical (unpaired) electrons. The van der Waals surface area contributed by atoms with Gasteiger partial charge >= 0.3 is 0 Å². The van der Waals surface area contributed by atoms with E-state index in [1.807, 2.05) is 26.2 Å². The molecule has 1 aromatic heterocycles. The molecule has 9 heteroatoms. The number of fused-ring (bicyclic) bond motifs is 1. The van der Waals surface area contributed by atoms with E-state index in [1.54, 1.807) is 19.9 Å². The van der Waals surface area contributed by atoms with Gasteiger partial charge in [0, 0.05) is 22.8 Å². The number of rotatable bonds is 3. The zero-order valence-corrected chi connectivity index (χ0v) is 23.8. The van der Waals surface area contributed by atoms with Crippen molar-refractivity contribution in [1.82, 2.24) is 10.3 Å². The van der Waals surface area contributed by atoms with E-state index in [2.05, 4.69) is 17.2 Å². The van der Waals surface area contributed by atoms with Gasteiger partial charge in [0.05, 0.1) is 52.5 Å². The Balaban J connectivity index is 1.87. The highest BCUT2D eigenvalue weighted by molar-refractivity contribution is 7.09. The summed E-state index contributed by atoms with van der Waals surface area (Å²) in [6, 6.07) is -0.504. The highest BCUT2D eigenvalue weighted by Gasteiger charge is 2.52. The van der Waals surface area contributed by atoms with Gasteiger partial charge in [-0.2, -0.15) is 0 Å². The standard InChI is InChI=1S/C27H41ClN2O5S/c1-7-18-24(33)15(2)9-8-10-27(6)22(35-27)12-20(19(28)11-17-14-36-16(3)29-17)30-23(32)13-21(31)26(4,5)25(18)34/h11,14-15,18,20-22,24,31,33H,7-10,12-13H2,1-6H3,(H,30,32)/t15-,18+,20-,21-,22?,24-,27?/m0/s1. The Morgan fingerprint density at radius 3 is 2.64 bits per heavy atom. The maximum absolute atomic E-state index is 13.4. The van der Waals surface area contributed by atoms with Crippen molar-refractivity contribution < 1.29 is 24.5 Å². The molecular formula is C27H41ClN2O5S. The Morgan fingerprint density at radius 2 is 2.03 bits per heavy atom. The highest BCUT2D eigenvalue weighted by Crippen LogP contribution is 2.45. The predicted octanol–water partition coefficient (Wildman–Crippen LogP) is 4.62. The van der Waals surface area contributed by atoms with Gasteiger partial charge in [0.25, 0.3) is 0 Å². The second-order valence-corrected chi connectivity index (χ2v) is 12.8. The molecule has 2 fully saturated rings. The van der Waals surface area contributed by atoms with Gasteiger partial charge in [-0.1, -0.05) is 45.7 Å². The maximum Gasteiger partial charge on any atom is 0.223 e. The van der Waals surface area contributed by atoms with Crippen LogP contribution in [0.3, 0.4) is 0 Å². The third-order valence-electron chi connectivity index (χ3n) is 8.03. The van der Waals surface area contributed by atoms with Crippen LogP contribution in [0.25, 0.3) is 6.08 Å². The Kier molecular flexibility index (Phi) is 9.42. The SMILES string of the molecule is CC[C@H]1C(=O)C(C)(C)[C@@H](O)CC(=O)N[C@H](C(Cl)=Cc2csc(C)n2)CC2OC2(C)CCC[C@H](C)[C@@H]1O. The van der Waals surface area contributed by atoms with Crippen molar-refractivity contribution in [3.05, 3.63) is 21.1 Å². The number of hydrogen-bond acceptors (Lipinski definition) is 7. The number of aryl methyl sites for hydroxylation is 1. The van der Waals surface area contributed by atoms with Crippen LogP contribution in [-0.2, 0) is 14.3 Å². The molecule has 2 saturated heterocycles. The molecule has 36 heavy (non-hydrogen) atoms. The fourth-order valence-corrected chi connectivity index (χ4v) is 6.03. The second kappa shape index (κ2) is 11.6. The monoisotopic (exact) mass is 540 g/mol. The van der Waals surface area contributed by atoms with Crippen molar-refractivity contribution >= 4 is 40.7 Å². The molecule has 0 aromatic carbocycles. The lowest BCUT2D eigenvalue weighted by atomic mass is 9.71. The van der Waals surface area contributed by atoms with Crippen LogP contribution in [0.5, 0.6) is 0 Å². The normalized spacial score (nSPS) is 36.8. The van der Waals surface area contributed by atoms with Crippen LogP contribution in [-0.4, -0.2) is 56.8 Å². The number of aromatic nitrogens is 1. The molecule has 0 bridgehead atoms. The molecule has 1 amide bonds. The number of ether oxygens (including phenoxy) is 1. The number of ketones is 1. The summed E-state index contributed by atoms with van der Waals surface area (Å²) < 4.78 is 6.06. The Labute approximate surface area is 223 Å². The summed E-state index contributed by atoms with van der Waals surface area (Å²) in [5.41, 5.74) is -0.782. The number of aliphatic hydroxyl groups is 2. The third kappa shape index (κ3) is 6.76. The number of halogens is 1. The van der Waals surface area contributed by atoms with Crippen LogP contribution in [0.1, 0.15) is 83.8 Å². The van der Waals surface area contributed by atoms with Crippen LogP contribution in [0.2, 0.25) is 0 Å².